The van der Waals surface area contributed by atoms with Crippen LogP contribution in [0.3, 0.4) is 0 Å². The third-order valence-electron chi connectivity index (χ3n) is 3.95. The molecule has 0 atom stereocenters. The Labute approximate surface area is 114 Å². The largest absolute Gasteiger partial charge is 0.395 e. The van der Waals surface area contributed by atoms with Gasteiger partial charge in [-0.1, -0.05) is 6.07 Å². The molecule has 2 aliphatic carbocycles. The standard InChI is InChI=1S/C14H19NO3S/c16-9-8-15(13-5-6-13)19(17,18)14-7-4-11-2-1-3-12(11)10-14/h4,7,10,13,16H,1-3,5-6,8-9H2. The van der Waals surface area contributed by atoms with Crippen LogP contribution in [-0.2, 0) is 22.9 Å². The van der Waals surface area contributed by atoms with Crippen LogP contribution in [0.25, 0.3) is 0 Å². The van der Waals surface area contributed by atoms with Crippen molar-refractivity contribution in [2.24, 2.45) is 0 Å². The average molecular weight is 281 g/mol. The smallest absolute Gasteiger partial charge is 0.243 e. The van der Waals surface area contributed by atoms with Gasteiger partial charge in [0.05, 0.1) is 11.5 Å². The fourth-order valence-electron chi connectivity index (χ4n) is 2.80. The molecular formula is C14H19NO3S. The Bertz CT molecular complexity index is 578. The molecule has 1 fully saturated rings. The van der Waals surface area contributed by atoms with Gasteiger partial charge in [0.2, 0.25) is 10.0 Å². The van der Waals surface area contributed by atoms with Gasteiger partial charge in [0.1, 0.15) is 0 Å². The molecule has 3 rings (SSSR count). The minimum atomic E-state index is -3.45. The molecule has 2 aliphatic rings. The lowest BCUT2D eigenvalue weighted by Gasteiger charge is -2.21. The van der Waals surface area contributed by atoms with E-state index in [-0.39, 0.29) is 19.2 Å². The number of benzene rings is 1. The molecule has 0 unspecified atom stereocenters. The molecule has 0 heterocycles. The van der Waals surface area contributed by atoms with E-state index in [1.807, 2.05) is 12.1 Å². The second-order valence-corrected chi connectivity index (χ2v) is 7.25. The minimum Gasteiger partial charge on any atom is -0.395 e. The summed E-state index contributed by atoms with van der Waals surface area (Å²) in [5.74, 6) is 0. The molecule has 104 valence electrons. The first kappa shape index (κ1) is 13.1. The molecular weight excluding hydrogens is 262 g/mol. The monoisotopic (exact) mass is 281 g/mol. The number of aryl methyl sites for hydroxylation is 2. The molecule has 1 aromatic rings. The van der Waals surface area contributed by atoms with E-state index in [9.17, 15) is 8.42 Å². The highest BCUT2D eigenvalue weighted by Gasteiger charge is 2.37. The molecule has 0 saturated heterocycles. The van der Waals surface area contributed by atoms with Gasteiger partial charge in [0.25, 0.3) is 0 Å². The lowest BCUT2D eigenvalue weighted by molar-refractivity contribution is 0.250. The molecule has 1 saturated carbocycles. The molecule has 0 amide bonds. The summed E-state index contributed by atoms with van der Waals surface area (Å²) in [4.78, 5) is 0.383. The summed E-state index contributed by atoms with van der Waals surface area (Å²) in [6, 6.07) is 5.57. The zero-order chi connectivity index (χ0) is 13.5. The van der Waals surface area contributed by atoms with E-state index in [0.29, 0.717) is 4.90 Å². The predicted octanol–water partition coefficient (Wildman–Crippen LogP) is 1.32. The summed E-state index contributed by atoms with van der Waals surface area (Å²) in [6.45, 7) is 0.0742. The van der Waals surface area contributed by atoms with Crippen molar-refractivity contribution < 1.29 is 13.5 Å². The van der Waals surface area contributed by atoms with Crippen molar-refractivity contribution in [3.05, 3.63) is 29.3 Å². The van der Waals surface area contributed by atoms with E-state index < -0.39 is 10.0 Å². The Morgan fingerprint density at radius 2 is 1.95 bits per heavy atom. The van der Waals surface area contributed by atoms with Gasteiger partial charge in [-0.2, -0.15) is 4.31 Å². The Balaban J connectivity index is 1.94. The number of nitrogens with zero attached hydrogens (tertiary/aromatic N) is 1. The van der Waals surface area contributed by atoms with Crippen molar-refractivity contribution in [3.63, 3.8) is 0 Å². The fourth-order valence-corrected chi connectivity index (χ4v) is 4.53. The molecule has 0 bridgehead atoms. The van der Waals surface area contributed by atoms with Crippen LogP contribution in [0.1, 0.15) is 30.4 Å². The van der Waals surface area contributed by atoms with Gasteiger partial charge in [-0.15, -0.1) is 0 Å². The Morgan fingerprint density at radius 3 is 2.63 bits per heavy atom. The second kappa shape index (κ2) is 4.89. The van der Waals surface area contributed by atoms with Crippen molar-refractivity contribution in [3.8, 4) is 0 Å². The summed E-state index contributed by atoms with van der Waals surface area (Å²) in [5.41, 5.74) is 2.44. The van der Waals surface area contributed by atoms with E-state index in [0.717, 1.165) is 32.1 Å². The van der Waals surface area contributed by atoms with E-state index >= 15 is 0 Å². The molecule has 0 radical (unpaired) electrons. The summed E-state index contributed by atoms with van der Waals surface area (Å²) in [7, 11) is -3.45. The summed E-state index contributed by atoms with van der Waals surface area (Å²) >= 11 is 0. The molecule has 1 aromatic carbocycles. The van der Waals surface area contributed by atoms with Gasteiger partial charge in [0, 0.05) is 12.6 Å². The van der Waals surface area contributed by atoms with E-state index in [1.165, 1.54) is 15.4 Å². The van der Waals surface area contributed by atoms with Crippen LogP contribution in [0.2, 0.25) is 0 Å². The second-order valence-electron chi connectivity index (χ2n) is 5.35. The van der Waals surface area contributed by atoms with Crippen LogP contribution < -0.4 is 0 Å². The molecule has 19 heavy (non-hydrogen) atoms. The fraction of sp³-hybridized carbons (Fsp3) is 0.571. The number of aliphatic hydroxyl groups is 1. The van der Waals surface area contributed by atoms with Gasteiger partial charge in [0.15, 0.2) is 0 Å². The minimum absolute atomic E-state index is 0.0883. The summed E-state index contributed by atoms with van der Waals surface area (Å²) < 4.78 is 26.7. The number of rotatable bonds is 5. The maximum Gasteiger partial charge on any atom is 0.243 e. The maximum atomic E-state index is 12.6. The van der Waals surface area contributed by atoms with Crippen LogP contribution >= 0.6 is 0 Å². The third kappa shape index (κ3) is 2.42. The molecule has 0 spiro atoms. The number of sulfonamides is 1. The van der Waals surface area contributed by atoms with Crippen LogP contribution in [0.15, 0.2) is 23.1 Å². The average Bonchev–Trinajstić information content (AvgIpc) is 3.11. The highest BCUT2D eigenvalue weighted by atomic mass is 32.2. The van der Waals surface area contributed by atoms with Crippen molar-refractivity contribution in [2.45, 2.75) is 43.0 Å². The number of hydrogen-bond donors (Lipinski definition) is 1. The van der Waals surface area contributed by atoms with Gasteiger partial charge >= 0.3 is 0 Å². The Hall–Kier alpha value is -0.910. The van der Waals surface area contributed by atoms with Crippen LogP contribution in [0, 0.1) is 0 Å². The first-order valence-electron chi connectivity index (χ1n) is 6.87. The van der Waals surface area contributed by atoms with Crippen LogP contribution in [0.4, 0.5) is 0 Å². The van der Waals surface area contributed by atoms with Crippen molar-refractivity contribution in [2.75, 3.05) is 13.2 Å². The van der Waals surface area contributed by atoms with Gasteiger partial charge in [-0.05, 0) is 55.4 Å². The predicted molar refractivity (Wildman–Crippen MR) is 72.5 cm³/mol. The lowest BCUT2D eigenvalue weighted by atomic mass is 10.1. The van der Waals surface area contributed by atoms with Crippen molar-refractivity contribution in [1.29, 1.82) is 0 Å². The maximum absolute atomic E-state index is 12.6. The van der Waals surface area contributed by atoms with E-state index in [1.54, 1.807) is 6.07 Å². The molecule has 5 heteroatoms. The summed E-state index contributed by atoms with van der Waals surface area (Å²) in [5, 5.41) is 9.07. The number of aliphatic hydroxyl groups excluding tert-OH is 1. The Morgan fingerprint density at radius 1 is 1.21 bits per heavy atom. The zero-order valence-corrected chi connectivity index (χ0v) is 11.7. The first-order chi connectivity index (χ1) is 9.13. The molecule has 4 nitrogen and oxygen atoms in total. The third-order valence-corrected chi connectivity index (χ3v) is 5.90. The van der Waals surface area contributed by atoms with Gasteiger partial charge in [-0.25, -0.2) is 8.42 Å². The molecule has 1 N–H and O–H groups in total. The quantitative estimate of drug-likeness (QED) is 0.885. The SMILES string of the molecule is O=S(=O)(c1ccc2c(c1)CCC2)N(CCO)C1CC1. The normalized spacial score (nSPS) is 18.8. The highest BCUT2D eigenvalue weighted by Crippen LogP contribution is 2.33. The zero-order valence-electron chi connectivity index (χ0n) is 10.9. The topological polar surface area (TPSA) is 57.6 Å². The first-order valence-corrected chi connectivity index (χ1v) is 8.31. The lowest BCUT2D eigenvalue weighted by Crippen LogP contribution is -2.35. The van der Waals surface area contributed by atoms with E-state index in [2.05, 4.69) is 0 Å². The number of fused-ring (bicyclic) bond motifs is 1. The summed E-state index contributed by atoms with van der Waals surface area (Å²) in [6.07, 6.45) is 4.96. The van der Waals surface area contributed by atoms with E-state index in [4.69, 9.17) is 5.11 Å². The van der Waals surface area contributed by atoms with Crippen LogP contribution in [-0.4, -0.2) is 37.0 Å². The highest BCUT2D eigenvalue weighted by molar-refractivity contribution is 7.89. The van der Waals surface area contributed by atoms with Gasteiger partial charge < -0.3 is 5.11 Å². The number of hydrogen-bond acceptors (Lipinski definition) is 3. The van der Waals surface area contributed by atoms with Crippen molar-refractivity contribution >= 4 is 10.0 Å². The molecule has 0 aromatic heterocycles. The van der Waals surface area contributed by atoms with Crippen molar-refractivity contribution in [1.82, 2.24) is 4.31 Å². The Kier molecular flexibility index (Phi) is 3.37. The van der Waals surface area contributed by atoms with Gasteiger partial charge in [-0.3, -0.25) is 0 Å². The molecule has 0 aliphatic heterocycles. The van der Waals surface area contributed by atoms with Crippen LogP contribution in [0.5, 0.6) is 0 Å².